The van der Waals surface area contributed by atoms with Gasteiger partial charge in [-0.2, -0.15) is 0 Å². The van der Waals surface area contributed by atoms with Crippen LogP contribution in [0.4, 0.5) is 14.9 Å². The molecule has 27 heavy (non-hydrogen) atoms. The van der Waals surface area contributed by atoms with Crippen molar-refractivity contribution in [1.29, 1.82) is 0 Å². The Morgan fingerprint density at radius 2 is 2.00 bits per heavy atom. The normalized spacial score (nSPS) is 17.6. The van der Waals surface area contributed by atoms with E-state index in [1.54, 1.807) is 6.92 Å². The second-order valence-corrected chi connectivity index (χ2v) is 7.61. The number of nitrogens with zero attached hydrogens (tertiary/aromatic N) is 1. The first-order valence-electron chi connectivity index (χ1n) is 8.93. The molecule has 2 N–H and O–H groups in total. The van der Waals surface area contributed by atoms with Gasteiger partial charge in [0.15, 0.2) is 0 Å². The van der Waals surface area contributed by atoms with Crippen molar-refractivity contribution in [3.05, 3.63) is 63.9 Å². The fourth-order valence-corrected chi connectivity index (χ4v) is 3.85. The first-order chi connectivity index (χ1) is 12.9. The zero-order valence-corrected chi connectivity index (χ0v) is 16.5. The number of carbonyl (C=O) groups excluding carboxylic acids is 1. The average Bonchev–Trinajstić information content (AvgIpc) is 3.13. The van der Waals surface area contributed by atoms with Gasteiger partial charge in [0, 0.05) is 30.3 Å². The maximum absolute atomic E-state index is 13.7. The molecule has 0 aliphatic carbocycles. The minimum absolute atomic E-state index is 0.0374. The quantitative estimate of drug-likeness (QED) is 0.680. The largest absolute Gasteiger partial charge is 0.371 e. The minimum atomic E-state index is -0.558. The van der Waals surface area contributed by atoms with Crippen molar-refractivity contribution in [2.24, 2.45) is 5.92 Å². The fraction of sp³-hybridized carbons (Fsp3) is 0.350. The van der Waals surface area contributed by atoms with Crippen molar-refractivity contribution in [3.63, 3.8) is 0 Å². The van der Waals surface area contributed by atoms with E-state index in [0.29, 0.717) is 23.0 Å². The Hall–Kier alpha value is -1.98. The van der Waals surface area contributed by atoms with Crippen molar-refractivity contribution in [1.82, 2.24) is 10.6 Å². The zero-order valence-electron chi connectivity index (χ0n) is 15.0. The minimum Gasteiger partial charge on any atom is -0.371 e. The number of benzene rings is 2. The number of anilines is 1. The summed E-state index contributed by atoms with van der Waals surface area (Å²) in [5.41, 5.74) is 1.70. The molecule has 7 heteroatoms. The number of nitrogens with one attached hydrogen (secondary N) is 2. The van der Waals surface area contributed by atoms with Crippen LogP contribution in [-0.4, -0.2) is 25.7 Å². The molecule has 2 amide bonds. The molecule has 2 unspecified atom stereocenters. The third-order valence-corrected chi connectivity index (χ3v) is 5.43. The van der Waals surface area contributed by atoms with Crippen molar-refractivity contribution >= 4 is 34.9 Å². The number of urea groups is 1. The average molecular weight is 410 g/mol. The second-order valence-electron chi connectivity index (χ2n) is 6.80. The highest BCUT2D eigenvalue weighted by atomic mass is 35.5. The highest BCUT2D eigenvalue weighted by Crippen LogP contribution is 2.28. The van der Waals surface area contributed by atoms with Crippen LogP contribution in [0.3, 0.4) is 0 Å². The van der Waals surface area contributed by atoms with E-state index >= 15 is 0 Å². The molecule has 1 heterocycles. The van der Waals surface area contributed by atoms with Gasteiger partial charge in [0.25, 0.3) is 0 Å². The van der Waals surface area contributed by atoms with Crippen LogP contribution in [0.15, 0.2) is 42.5 Å². The van der Waals surface area contributed by atoms with E-state index in [9.17, 15) is 9.18 Å². The Morgan fingerprint density at radius 3 is 2.74 bits per heavy atom. The van der Waals surface area contributed by atoms with E-state index in [2.05, 4.69) is 27.7 Å². The van der Waals surface area contributed by atoms with Crippen molar-refractivity contribution < 1.29 is 9.18 Å². The van der Waals surface area contributed by atoms with Gasteiger partial charge in [-0.3, -0.25) is 0 Å². The molecule has 0 bridgehead atoms. The lowest BCUT2D eigenvalue weighted by Crippen LogP contribution is -2.40. The van der Waals surface area contributed by atoms with Gasteiger partial charge < -0.3 is 15.5 Å². The van der Waals surface area contributed by atoms with Crippen LogP contribution in [-0.2, 0) is 0 Å². The predicted molar refractivity (Wildman–Crippen MR) is 108 cm³/mol. The molecule has 0 radical (unpaired) electrons. The second kappa shape index (κ2) is 8.81. The third-order valence-electron chi connectivity index (χ3n) is 4.81. The first-order valence-corrected chi connectivity index (χ1v) is 9.68. The maximum Gasteiger partial charge on any atom is 0.315 e. The standard InChI is InChI=1S/C20H22Cl2FN3O/c1-13(16-9-19(23)18(22)10-17(16)21)25-20(27)24-11-14-7-8-26(12-14)15-5-3-2-4-6-15/h2-6,9-10,13-14H,7-8,11-12H2,1H3,(H2,24,25,27). The van der Waals surface area contributed by atoms with Crippen LogP contribution < -0.4 is 15.5 Å². The molecule has 0 aromatic heterocycles. The van der Waals surface area contributed by atoms with Gasteiger partial charge in [-0.1, -0.05) is 41.4 Å². The summed E-state index contributed by atoms with van der Waals surface area (Å²) in [5.74, 6) is -0.167. The molecule has 1 aliphatic rings. The molecule has 144 valence electrons. The van der Waals surface area contributed by atoms with Crippen LogP contribution >= 0.6 is 23.2 Å². The number of amides is 2. The summed E-state index contributed by atoms with van der Waals surface area (Å²) >= 11 is 11.8. The highest BCUT2D eigenvalue weighted by molar-refractivity contribution is 6.35. The number of carbonyl (C=O) groups is 1. The van der Waals surface area contributed by atoms with E-state index in [-0.39, 0.29) is 11.1 Å². The lowest BCUT2D eigenvalue weighted by molar-refractivity contribution is 0.236. The molecule has 2 atom stereocenters. The van der Waals surface area contributed by atoms with Crippen LogP contribution in [0.5, 0.6) is 0 Å². The number of rotatable bonds is 5. The number of hydrogen-bond donors (Lipinski definition) is 2. The first kappa shape index (κ1) is 19.8. The van der Waals surface area contributed by atoms with Crippen LogP contribution in [0, 0.1) is 11.7 Å². The van der Waals surface area contributed by atoms with Gasteiger partial charge in [0.2, 0.25) is 0 Å². The maximum atomic E-state index is 13.7. The molecular weight excluding hydrogens is 388 g/mol. The van der Waals surface area contributed by atoms with Crippen LogP contribution in [0.2, 0.25) is 10.0 Å². The van der Waals surface area contributed by atoms with Gasteiger partial charge in [0.05, 0.1) is 11.1 Å². The van der Waals surface area contributed by atoms with E-state index in [1.807, 2.05) is 18.2 Å². The number of halogens is 3. The Labute approximate surface area is 168 Å². The van der Waals surface area contributed by atoms with Crippen LogP contribution in [0.1, 0.15) is 24.9 Å². The lowest BCUT2D eigenvalue weighted by Gasteiger charge is -2.20. The fourth-order valence-electron chi connectivity index (χ4n) is 3.30. The Bertz CT molecular complexity index is 803. The summed E-state index contributed by atoms with van der Waals surface area (Å²) in [7, 11) is 0. The smallest absolute Gasteiger partial charge is 0.315 e. The van der Waals surface area contributed by atoms with E-state index in [1.165, 1.54) is 17.8 Å². The van der Waals surface area contributed by atoms with E-state index < -0.39 is 11.9 Å². The Kier molecular flexibility index (Phi) is 6.45. The van der Waals surface area contributed by atoms with Gasteiger partial charge in [-0.25, -0.2) is 9.18 Å². The molecule has 2 aromatic rings. The monoisotopic (exact) mass is 409 g/mol. The summed E-state index contributed by atoms with van der Waals surface area (Å²) < 4.78 is 13.7. The van der Waals surface area contributed by atoms with Crippen molar-refractivity contribution in [2.75, 3.05) is 24.5 Å². The summed E-state index contributed by atoms with van der Waals surface area (Å²) in [5, 5.41) is 5.98. The van der Waals surface area contributed by atoms with Crippen molar-refractivity contribution in [3.8, 4) is 0 Å². The molecule has 1 aliphatic heterocycles. The summed E-state index contributed by atoms with van der Waals surface area (Å²) in [6.45, 7) is 4.23. The molecule has 1 saturated heterocycles. The van der Waals surface area contributed by atoms with Gasteiger partial charge in [0.1, 0.15) is 5.82 Å². The number of hydrogen-bond acceptors (Lipinski definition) is 2. The summed E-state index contributed by atoms with van der Waals surface area (Å²) in [6, 6.07) is 12.1. The number of para-hydroxylation sites is 1. The molecule has 3 rings (SSSR count). The SMILES string of the molecule is CC(NC(=O)NCC1CCN(c2ccccc2)C1)c1cc(F)c(Cl)cc1Cl. The molecule has 1 fully saturated rings. The topological polar surface area (TPSA) is 44.4 Å². The van der Waals surface area contributed by atoms with Gasteiger partial charge in [-0.05, 0) is 49.1 Å². The highest BCUT2D eigenvalue weighted by Gasteiger charge is 2.23. The van der Waals surface area contributed by atoms with Gasteiger partial charge >= 0.3 is 6.03 Å². The Balaban J connectivity index is 1.48. The molecule has 4 nitrogen and oxygen atoms in total. The zero-order chi connectivity index (χ0) is 19.4. The summed E-state index contributed by atoms with van der Waals surface area (Å²) in [6.07, 6.45) is 1.03. The third kappa shape index (κ3) is 5.05. The van der Waals surface area contributed by atoms with E-state index in [4.69, 9.17) is 23.2 Å². The molecule has 2 aromatic carbocycles. The summed E-state index contributed by atoms with van der Waals surface area (Å²) in [4.78, 5) is 14.5. The van der Waals surface area contributed by atoms with E-state index in [0.717, 1.165) is 19.5 Å². The van der Waals surface area contributed by atoms with Gasteiger partial charge in [-0.15, -0.1) is 0 Å². The molecular formula is C20H22Cl2FN3O. The predicted octanol–water partition coefficient (Wildman–Crippen LogP) is 5.02. The lowest BCUT2D eigenvalue weighted by atomic mass is 10.1. The molecule has 0 saturated carbocycles. The molecule has 0 spiro atoms. The van der Waals surface area contributed by atoms with Crippen LogP contribution in [0.25, 0.3) is 0 Å². The van der Waals surface area contributed by atoms with Crippen molar-refractivity contribution in [2.45, 2.75) is 19.4 Å². The Morgan fingerprint density at radius 1 is 1.26 bits per heavy atom.